The predicted octanol–water partition coefficient (Wildman–Crippen LogP) is 4.69. The van der Waals surface area contributed by atoms with Crippen molar-refractivity contribution in [3.05, 3.63) is 101 Å². The maximum atomic E-state index is 14.4. The van der Waals surface area contributed by atoms with Gasteiger partial charge in [0.15, 0.2) is 11.6 Å². The van der Waals surface area contributed by atoms with E-state index >= 15 is 0 Å². The van der Waals surface area contributed by atoms with Crippen LogP contribution in [0.2, 0.25) is 0 Å². The lowest BCUT2D eigenvalue weighted by Crippen LogP contribution is -2.48. The molecule has 0 unspecified atom stereocenters. The van der Waals surface area contributed by atoms with Crippen molar-refractivity contribution in [3.8, 4) is 5.75 Å². The Labute approximate surface area is 209 Å². The fourth-order valence-electron chi connectivity index (χ4n) is 6.33. The van der Waals surface area contributed by atoms with Gasteiger partial charge in [0.05, 0.1) is 19.8 Å². The largest absolute Gasteiger partial charge is 0.497 e. The second kappa shape index (κ2) is 8.19. The van der Waals surface area contributed by atoms with Gasteiger partial charge < -0.3 is 14.4 Å². The number of nitrogens with zero attached hydrogens (tertiary/aromatic N) is 1. The predicted molar refractivity (Wildman–Crippen MR) is 135 cm³/mol. The number of hydrogen-bond donors (Lipinski definition) is 0. The van der Waals surface area contributed by atoms with Crippen molar-refractivity contribution in [1.82, 2.24) is 0 Å². The van der Waals surface area contributed by atoms with Crippen LogP contribution in [-0.4, -0.2) is 43.3 Å². The molecule has 6 nitrogen and oxygen atoms in total. The number of anilines is 1. The number of ketones is 2. The zero-order valence-electron chi connectivity index (χ0n) is 20.0. The van der Waals surface area contributed by atoms with Gasteiger partial charge in [0.2, 0.25) is 0 Å². The Morgan fingerprint density at radius 3 is 2.33 bits per heavy atom. The smallest absolute Gasteiger partial charge is 0.329 e. The minimum Gasteiger partial charge on any atom is -0.497 e. The number of para-hydroxylation sites is 1. The summed E-state index contributed by atoms with van der Waals surface area (Å²) in [7, 11) is 1.57. The van der Waals surface area contributed by atoms with Crippen molar-refractivity contribution in [1.29, 1.82) is 0 Å². The summed E-state index contributed by atoms with van der Waals surface area (Å²) in [4.78, 5) is 44.5. The zero-order chi connectivity index (χ0) is 25.0. The molecular formula is C30H25NO5. The highest BCUT2D eigenvalue weighted by Gasteiger charge is 2.72. The second-order valence-corrected chi connectivity index (χ2v) is 9.29. The van der Waals surface area contributed by atoms with Gasteiger partial charge in [0, 0.05) is 22.7 Å². The van der Waals surface area contributed by atoms with Gasteiger partial charge in [0.25, 0.3) is 0 Å². The summed E-state index contributed by atoms with van der Waals surface area (Å²) in [6, 6.07) is 20.4. The fraction of sp³-hybridized carbons (Fsp3) is 0.233. The minimum atomic E-state index is -1.53. The molecule has 0 aromatic heterocycles. The van der Waals surface area contributed by atoms with Crippen LogP contribution in [0.25, 0.3) is 6.08 Å². The fourth-order valence-corrected chi connectivity index (χ4v) is 6.33. The topological polar surface area (TPSA) is 72.9 Å². The molecule has 1 saturated heterocycles. The Hall–Kier alpha value is -4.19. The average Bonchev–Trinajstić information content (AvgIpc) is 3.35. The number of rotatable bonds is 4. The lowest BCUT2D eigenvalue weighted by atomic mass is 9.64. The molecule has 1 aliphatic carbocycles. The lowest BCUT2D eigenvalue weighted by molar-refractivity contribution is -0.145. The Balaban J connectivity index is 1.68. The molecule has 1 fully saturated rings. The molecule has 2 heterocycles. The molecule has 0 N–H and O–H groups in total. The summed E-state index contributed by atoms with van der Waals surface area (Å²) in [5.74, 6) is -1.20. The van der Waals surface area contributed by atoms with E-state index in [2.05, 4.69) is 0 Å². The number of fused-ring (bicyclic) bond motifs is 5. The summed E-state index contributed by atoms with van der Waals surface area (Å²) in [6.45, 7) is 1.94. The van der Waals surface area contributed by atoms with Gasteiger partial charge in [-0.05, 0) is 36.2 Å². The van der Waals surface area contributed by atoms with E-state index in [4.69, 9.17) is 9.47 Å². The molecule has 0 radical (unpaired) electrons. The van der Waals surface area contributed by atoms with Gasteiger partial charge in [-0.25, -0.2) is 4.79 Å². The van der Waals surface area contributed by atoms with Gasteiger partial charge in [-0.2, -0.15) is 0 Å². The molecule has 3 aliphatic rings. The highest BCUT2D eigenvalue weighted by molar-refractivity contribution is 6.32. The number of Topliss-reactive ketones (excluding diaryl/α,β-unsaturated/α-hetero) is 2. The number of methoxy groups -OCH3 is 1. The Morgan fingerprint density at radius 2 is 1.64 bits per heavy atom. The molecular weight excluding hydrogens is 454 g/mol. The van der Waals surface area contributed by atoms with Crippen LogP contribution >= 0.6 is 0 Å². The van der Waals surface area contributed by atoms with Crippen molar-refractivity contribution in [2.45, 2.75) is 24.9 Å². The van der Waals surface area contributed by atoms with E-state index < -0.39 is 29.4 Å². The quantitative estimate of drug-likeness (QED) is 0.399. The maximum absolute atomic E-state index is 14.4. The summed E-state index contributed by atoms with van der Waals surface area (Å²) in [6.07, 6.45) is 3.84. The van der Waals surface area contributed by atoms with E-state index in [1.54, 1.807) is 44.4 Å². The molecule has 6 rings (SSSR count). The summed E-state index contributed by atoms with van der Waals surface area (Å²) < 4.78 is 11.1. The van der Waals surface area contributed by atoms with Crippen LogP contribution in [0.15, 0.2) is 78.9 Å². The van der Waals surface area contributed by atoms with Crippen molar-refractivity contribution < 1.29 is 23.9 Å². The van der Waals surface area contributed by atoms with Crippen LogP contribution in [0.3, 0.4) is 0 Å². The van der Waals surface area contributed by atoms with Crippen molar-refractivity contribution in [2.24, 2.45) is 5.41 Å². The number of carbonyl (C=O) groups excluding carboxylic acids is 3. The molecule has 1 spiro atoms. The third kappa shape index (κ3) is 2.81. The van der Waals surface area contributed by atoms with Crippen LogP contribution < -0.4 is 9.64 Å². The van der Waals surface area contributed by atoms with Crippen LogP contribution in [0.5, 0.6) is 5.75 Å². The van der Waals surface area contributed by atoms with Gasteiger partial charge in [-0.3, -0.25) is 9.59 Å². The average molecular weight is 480 g/mol. The van der Waals surface area contributed by atoms with Crippen molar-refractivity contribution in [3.63, 3.8) is 0 Å². The molecule has 36 heavy (non-hydrogen) atoms. The molecule has 6 heteroatoms. The Kier molecular flexibility index (Phi) is 5.07. The summed E-state index contributed by atoms with van der Waals surface area (Å²) >= 11 is 0. The SMILES string of the molecule is CCOC(=O)[C@@H]1[C@H](c2cccc(OC)c2)C2(C(=O)c3ccccc3C2=O)[C@H]2C=Cc3ccccc3N12. The van der Waals surface area contributed by atoms with E-state index in [0.717, 1.165) is 11.3 Å². The second-order valence-electron chi connectivity index (χ2n) is 9.29. The standard InChI is InChI=1S/C30H25NO5/c1-3-36-29(34)26-25(19-10-8-11-20(17-19)35-2)30(27(32)21-12-5-6-13-22(21)28(30)33)24-16-15-18-9-4-7-14-23(18)31(24)26/h4-17,24-26H,3H2,1-2H3/t24-,25+,26+/m1/s1. The molecule has 0 bridgehead atoms. The van der Waals surface area contributed by atoms with Crippen LogP contribution in [0, 0.1) is 5.41 Å². The number of ether oxygens (including phenoxy) is 2. The normalized spacial score (nSPS) is 22.8. The van der Waals surface area contributed by atoms with Gasteiger partial charge in [-0.15, -0.1) is 0 Å². The Morgan fingerprint density at radius 1 is 0.944 bits per heavy atom. The number of benzene rings is 3. The first-order chi connectivity index (χ1) is 17.5. The number of carbonyl (C=O) groups is 3. The molecule has 3 atom stereocenters. The third-order valence-corrected chi connectivity index (χ3v) is 7.69. The maximum Gasteiger partial charge on any atom is 0.329 e. The van der Waals surface area contributed by atoms with E-state index in [-0.39, 0.29) is 18.2 Å². The van der Waals surface area contributed by atoms with Gasteiger partial charge in [-0.1, -0.05) is 66.7 Å². The van der Waals surface area contributed by atoms with E-state index in [1.807, 2.05) is 59.5 Å². The molecule has 3 aromatic carbocycles. The van der Waals surface area contributed by atoms with E-state index in [0.29, 0.717) is 22.4 Å². The summed E-state index contributed by atoms with van der Waals surface area (Å²) in [5, 5.41) is 0. The lowest BCUT2D eigenvalue weighted by Gasteiger charge is -2.36. The summed E-state index contributed by atoms with van der Waals surface area (Å²) in [5.41, 5.74) is 1.66. The Bertz CT molecular complexity index is 1410. The van der Waals surface area contributed by atoms with Crippen molar-refractivity contribution >= 4 is 29.3 Å². The molecule has 180 valence electrons. The van der Waals surface area contributed by atoms with Crippen molar-refractivity contribution in [2.75, 3.05) is 18.6 Å². The molecule has 3 aromatic rings. The van der Waals surface area contributed by atoms with E-state index in [9.17, 15) is 14.4 Å². The zero-order valence-corrected chi connectivity index (χ0v) is 20.0. The van der Waals surface area contributed by atoms with Crippen LogP contribution in [0.1, 0.15) is 44.7 Å². The van der Waals surface area contributed by atoms with E-state index in [1.165, 1.54) is 0 Å². The van der Waals surface area contributed by atoms with Gasteiger partial charge in [0.1, 0.15) is 17.2 Å². The highest BCUT2D eigenvalue weighted by Crippen LogP contribution is 2.60. The highest BCUT2D eigenvalue weighted by atomic mass is 16.5. The minimum absolute atomic E-state index is 0.186. The first-order valence-corrected chi connectivity index (χ1v) is 12.1. The third-order valence-electron chi connectivity index (χ3n) is 7.69. The first kappa shape index (κ1) is 22.3. The van der Waals surface area contributed by atoms with Gasteiger partial charge >= 0.3 is 5.97 Å². The van der Waals surface area contributed by atoms with Crippen LogP contribution in [0.4, 0.5) is 5.69 Å². The monoisotopic (exact) mass is 479 g/mol. The first-order valence-electron chi connectivity index (χ1n) is 12.1. The molecule has 0 saturated carbocycles. The van der Waals surface area contributed by atoms with Crippen LogP contribution in [-0.2, 0) is 9.53 Å². The number of hydrogen-bond acceptors (Lipinski definition) is 6. The number of esters is 1. The molecule has 0 amide bonds. The molecule has 2 aliphatic heterocycles.